The molecule has 142 valence electrons. The number of amides is 1. The summed E-state index contributed by atoms with van der Waals surface area (Å²) >= 11 is 0. The number of hydrogen-bond donors (Lipinski definition) is 1. The Hall–Kier alpha value is -3.08. The highest BCUT2D eigenvalue weighted by Gasteiger charge is 2.28. The van der Waals surface area contributed by atoms with Gasteiger partial charge in [0, 0.05) is 5.56 Å². The molecule has 0 radical (unpaired) electrons. The summed E-state index contributed by atoms with van der Waals surface area (Å²) in [7, 11) is 0. The van der Waals surface area contributed by atoms with Gasteiger partial charge in [0.2, 0.25) is 0 Å². The molecule has 1 aromatic heterocycles. The average Bonchev–Trinajstić information content (AvgIpc) is 2.64. The lowest BCUT2D eigenvalue weighted by Gasteiger charge is -2.15. The van der Waals surface area contributed by atoms with E-state index in [1.165, 1.54) is 18.3 Å². The fraction of sp³-hybridized carbons (Fsp3) is 0.316. The maximum absolute atomic E-state index is 12.2. The molecule has 1 heterocycles. The number of carbonyl (C=O) groups excluding carboxylic acids is 1. The second-order valence-electron chi connectivity index (χ2n) is 6.39. The largest absolute Gasteiger partial charge is 0.483 e. The van der Waals surface area contributed by atoms with Crippen LogP contribution in [0.4, 0.5) is 13.2 Å². The second kappa shape index (κ2) is 8.08. The minimum atomic E-state index is -4.41. The molecule has 0 aliphatic carbocycles. The molecule has 1 N–H and O–H groups in total. The van der Waals surface area contributed by atoms with Crippen molar-refractivity contribution in [2.75, 3.05) is 6.61 Å². The molecule has 0 bridgehead atoms. The first-order valence-electron chi connectivity index (χ1n) is 8.05. The number of alkyl halides is 3. The smallest absolute Gasteiger partial charge is 0.422 e. The van der Waals surface area contributed by atoms with Gasteiger partial charge in [0.1, 0.15) is 5.75 Å². The lowest BCUT2D eigenvalue weighted by atomic mass is 9.86. The third-order valence-electron chi connectivity index (χ3n) is 3.78. The van der Waals surface area contributed by atoms with Crippen LogP contribution in [0.15, 0.2) is 42.6 Å². The maximum Gasteiger partial charge on any atom is 0.422 e. The zero-order valence-electron chi connectivity index (χ0n) is 14.8. The van der Waals surface area contributed by atoms with Gasteiger partial charge in [-0.2, -0.15) is 18.4 Å². The van der Waals surface area contributed by atoms with E-state index in [0.29, 0.717) is 11.3 Å². The van der Waals surface area contributed by atoms with Gasteiger partial charge in [-0.1, -0.05) is 12.1 Å². The van der Waals surface area contributed by atoms with E-state index in [0.717, 1.165) is 5.56 Å². The minimum Gasteiger partial charge on any atom is -0.483 e. The van der Waals surface area contributed by atoms with Crippen LogP contribution in [-0.2, 0) is 12.0 Å². The third kappa shape index (κ3) is 5.99. The molecule has 5 nitrogen and oxygen atoms in total. The Morgan fingerprint density at radius 2 is 1.85 bits per heavy atom. The molecule has 0 saturated carbocycles. The third-order valence-corrected chi connectivity index (χ3v) is 3.78. The van der Waals surface area contributed by atoms with Gasteiger partial charge in [0.05, 0.1) is 29.9 Å². The topological polar surface area (TPSA) is 75.0 Å². The molecule has 0 fully saturated rings. The van der Waals surface area contributed by atoms with Crippen molar-refractivity contribution in [3.05, 3.63) is 59.4 Å². The summed E-state index contributed by atoms with van der Waals surface area (Å²) in [6.07, 6.45) is -3.24. The Kier molecular flexibility index (Phi) is 6.05. The molecule has 1 aromatic carbocycles. The van der Waals surface area contributed by atoms with Gasteiger partial charge in [0.25, 0.3) is 5.91 Å². The van der Waals surface area contributed by atoms with Crippen LogP contribution >= 0.6 is 0 Å². The Labute approximate surface area is 154 Å². The van der Waals surface area contributed by atoms with Gasteiger partial charge < -0.3 is 10.1 Å². The van der Waals surface area contributed by atoms with Crippen molar-refractivity contribution in [1.82, 2.24) is 10.3 Å². The van der Waals surface area contributed by atoms with Crippen molar-refractivity contribution in [2.24, 2.45) is 0 Å². The van der Waals surface area contributed by atoms with Crippen molar-refractivity contribution in [3.63, 3.8) is 0 Å². The van der Waals surface area contributed by atoms with E-state index in [1.807, 2.05) is 0 Å². The van der Waals surface area contributed by atoms with E-state index in [1.54, 1.807) is 38.1 Å². The number of nitriles is 1. The summed E-state index contributed by atoms with van der Waals surface area (Å²) in [5, 5.41) is 11.8. The van der Waals surface area contributed by atoms with Crippen LogP contribution in [-0.4, -0.2) is 23.7 Å². The molecule has 8 heteroatoms. The fourth-order valence-corrected chi connectivity index (χ4v) is 2.14. The number of aromatic nitrogens is 1. The minimum absolute atomic E-state index is 0.00176. The van der Waals surface area contributed by atoms with Gasteiger partial charge in [-0.05, 0) is 43.7 Å². The van der Waals surface area contributed by atoms with Crippen LogP contribution < -0.4 is 10.1 Å². The lowest BCUT2D eigenvalue weighted by Crippen LogP contribution is -2.23. The SMILES string of the molecule is CC(C)(C#N)c1ccc(C(=O)NCc2ccc(OCC(F)(F)F)cn2)cc1. The molecular weight excluding hydrogens is 359 g/mol. The van der Waals surface area contributed by atoms with E-state index < -0.39 is 18.2 Å². The summed E-state index contributed by atoms with van der Waals surface area (Å²) in [6, 6.07) is 11.7. The number of hydrogen-bond acceptors (Lipinski definition) is 4. The second-order valence-corrected chi connectivity index (χ2v) is 6.39. The number of pyridine rings is 1. The molecule has 0 aliphatic rings. The quantitative estimate of drug-likeness (QED) is 0.832. The molecule has 0 aliphatic heterocycles. The number of ether oxygens (including phenoxy) is 1. The molecule has 0 unspecified atom stereocenters. The molecule has 0 atom stereocenters. The molecule has 0 saturated heterocycles. The molecule has 1 amide bonds. The van der Waals surface area contributed by atoms with Gasteiger partial charge in [-0.3, -0.25) is 9.78 Å². The standard InChI is InChI=1S/C19H18F3N3O2/c1-18(2,11-23)14-5-3-13(4-6-14)17(26)25-9-15-7-8-16(10-24-15)27-12-19(20,21)22/h3-8,10H,9,12H2,1-2H3,(H,25,26). The first-order valence-corrected chi connectivity index (χ1v) is 8.05. The fourth-order valence-electron chi connectivity index (χ4n) is 2.14. The van der Waals surface area contributed by atoms with E-state index in [4.69, 9.17) is 5.26 Å². The van der Waals surface area contributed by atoms with Gasteiger partial charge in [-0.15, -0.1) is 0 Å². The van der Waals surface area contributed by atoms with Crippen LogP contribution in [0.3, 0.4) is 0 Å². The van der Waals surface area contributed by atoms with E-state index >= 15 is 0 Å². The van der Waals surface area contributed by atoms with Crippen molar-refractivity contribution in [1.29, 1.82) is 5.26 Å². The van der Waals surface area contributed by atoms with Crippen molar-refractivity contribution >= 4 is 5.91 Å². The van der Waals surface area contributed by atoms with E-state index in [-0.39, 0.29) is 18.2 Å². The Morgan fingerprint density at radius 3 is 2.37 bits per heavy atom. The predicted octanol–water partition coefficient (Wildman–Crippen LogP) is 3.75. The molecule has 27 heavy (non-hydrogen) atoms. The zero-order chi connectivity index (χ0) is 20.1. The van der Waals surface area contributed by atoms with Gasteiger partial charge in [-0.25, -0.2) is 0 Å². The lowest BCUT2D eigenvalue weighted by molar-refractivity contribution is -0.153. The summed E-state index contributed by atoms with van der Waals surface area (Å²) in [4.78, 5) is 16.1. The average molecular weight is 377 g/mol. The Bertz CT molecular complexity index is 823. The van der Waals surface area contributed by atoms with Crippen LogP contribution in [0.5, 0.6) is 5.75 Å². The van der Waals surface area contributed by atoms with E-state index in [9.17, 15) is 18.0 Å². The first-order chi connectivity index (χ1) is 12.6. The van der Waals surface area contributed by atoms with Crippen LogP contribution in [0.2, 0.25) is 0 Å². The number of halogens is 3. The summed E-state index contributed by atoms with van der Waals surface area (Å²) in [6.45, 7) is 2.30. The van der Waals surface area contributed by atoms with Gasteiger partial charge >= 0.3 is 6.18 Å². The highest BCUT2D eigenvalue weighted by atomic mass is 19.4. The Morgan fingerprint density at radius 1 is 1.19 bits per heavy atom. The highest BCUT2D eigenvalue weighted by Crippen LogP contribution is 2.22. The first kappa shape index (κ1) is 20.2. The van der Waals surface area contributed by atoms with E-state index in [2.05, 4.69) is 21.1 Å². The molecule has 2 rings (SSSR count). The van der Waals surface area contributed by atoms with Crippen molar-refractivity contribution in [3.8, 4) is 11.8 Å². The monoisotopic (exact) mass is 377 g/mol. The normalized spacial score (nSPS) is 11.6. The number of carbonyl (C=O) groups is 1. The Balaban J connectivity index is 1.91. The van der Waals surface area contributed by atoms with Crippen LogP contribution in [0.1, 0.15) is 35.5 Å². The number of nitrogens with one attached hydrogen (secondary N) is 1. The van der Waals surface area contributed by atoms with Crippen molar-refractivity contribution in [2.45, 2.75) is 32.0 Å². The molecular formula is C19H18F3N3O2. The number of nitrogens with zero attached hydrogens (tertiary/aromatic N) is 2. The number of rotatable bonds is 6. The van der Waals surface area contributed by atoms with Gasteiger partial charge in [0.15, 0.2) is 6.61 Å². The van der Waals surface area contributed by atoms with Crippen LogP contribution in [0, 0.1) is 11.3 Å². The molecule has 2 aromatic rings. The van der Waals surface area contributed by atoms with Crippen LogP contribution in [0.25, 0.3) is 0 Å². The zero-order valence-corrected chi connectivity index (χ0v) is 14.8. The summed E-state index contributed by atoms with van der Waals surface area (Å²) in [5.74, 6) is -0.325. The predicted molar refractivity (Wildman–Crippen MR) is 92.0 cm³/mol. The number of benzene rings is 1. The summed E-state index contributed by atoms with van der Waals surface area (Å²) in [5.41, 5.74) is 1.06. The highest BCUT2D eigenvalue weighted by molar-refractivity contribution is 5.94. The van der Waals surface area contributed by atoms with Crippen molar-refractivity contribution < 1.29 is 22.7 Å². The molecule has 0 spiro atoms. The summed E-state index contributed by atoms with van der Waals surface area (Å²) < 4.78 is 40.8. The maximum atomic E-state index is 12.2.